The van der Waals surface area contributed by atoms with E-state index in [9.17, 15) is 0 Å². The Morgan fingerprint density at radius 3 is 2.71 bits per heavy atom. The molecule has 0 fully saturated rings. The van der Waals surface area contributed by atoms with Crippen molar-refractivity contribution in [2.45, 2.75) is 39.2 Å². The van der Waals surface area contributed by atoms with Gasteiger partial charge in [-0.25, -0.2) is 0 Å². The van der Waals surface area contributed by atoms with E-state index in [-0.39, 0.29) is 5.92 Å². The molecule has 0 radical (unpaired) electrons. The third-order valence-electron chi connectivity index (χ3n) is 3.90. The van der Waals surface area contributed by atoms with E-state index in [1.165, 1.54) is 0 Å². The van der Waals surface area contributed by atoms with Crippen LogP contribution in [0.15, 0.2) is 22.7 Å². The predicted octanol–water partition coefficient (Wildman–Crippen LogP) is 3.16. The number of hydrogen-bond donors (Lipinski definition) is 1. The number of aryl methyl sites for hydroxylation is 1. The van der Waals surface area contributed by atoms with Crippen LogP contribution in [0.5, 0.6) is 5.75 Å². The van der Waals surface area contributed by atoms with E-state index in [1.54, 1.807) is 7.11 Å². The van der Waals surface area contributed by atoms with Gasteiger partial charge in [-0.2, -0.15) is 4.98 Å². The largest absolute Gasteiger partial charge is 0.496 e. The Kier molecular flexibility index (Phi) is 4.96. The molecule has 0 aliphatic rings. The van der Waals surface area contributed by atoms with Gasteiger partial charge in [0.1, 0.15) is 5.75 Å². The average Bonchev–Trinajstić information content (AvgIpc) is 2.98. The van der Waals surface area contributed by atoms with Gasteiger partial charge < -0.3 is 14.6 Å². The fourth-order valence-electron chi connectivity index (χ4n) is 2.53. The molecular weight excluding hydrogens is 266 g/mol. The number of nitrogens with one attached hydrogen (secondary N) is 1. The summed E-state index contributed by atoms with van der Waals surface area (Å²) in [5.74, 6) is 2.32. The van der Waals surface area contributed by atoms with Crippen LogP contribution in [0.4, 0.5) is 0 Å². The molecule has 114 valence electrons. The molecule has 1 heterocycles. The summed E-state index contributed by atoms with van der Waals surface area (Å²) in [6.07, 6.45) is 1.01. The monoisotopic (exact) mass is 289 g/mol. The second-order valence-corrected chi connectivity index (χ2v) is 5.23. The number of rotatable bonds is 6. The first kappa shape index (κ1) is 15.5. The predicted molar refractivity (Wildman–Crippen MR) is 82.6 cm³/mol. The Hall–Kier alpha value is -1.88. The Morgan fingerprint density at radius 1 is 1.38 bits per heavy atom. The molecule has 5 heteroatoms. The summed E-state index contributed by atoms with van der Waals surface area (Å²) in [5.41, 5.74) is 1.99. The number of likely N-dealkylation sites (N-methyl/N-ethyl adjacent to an activating group) is 1. The van der Waals surface area contributed by atoms with Crippen LogP contribution in [-0.2, 0) is 0 Å². The number of ether oxygens (including phenoxy) is 1. The smallest absolute Gasteiger partial charge is 0.231 e. The maximum atomic E-state index is 5.43. The lowest BCUT2D eigenvalue weighted by Crippen LogP contribution is -2.30. The summed E-state index contributed by atoms with van der Waals surface area (Å²) in [6, 6.07) is 6.21. The SMILES string of the molecule is CCC(NC)C(C)c1nc(-c2ccc(OC)c(C)c2)no1. The summed E-state index contributed by atoms with van der Waals surface area (Å²) in [4.78, 5) is 4.54. The van der Waals surface area contributed by atoms with Crippen LogP contribution in [0.3, 0.4) is 0 Å². The van der Waals surface area contributed by atoms with Crippen LogP contribution >= 0.6 is 0 Å². The fourth-order valence-corrected chi connectivity index (χ4v) is 2.53. The van der Waals surface area contributed by atoms with E-state index in [4.69, 9.17) is 9.26 Å². The van der Waals surface area contributed by atoms with Gasteiger partial charge in [-0.15, -0.1) is 0 Å². The van der Waals surface area contributed by atoms with Crippen molar-refractivity contribution in [2.24, 2.45) is 0 Å². The molecule has 21 heavy (non-hydrogen) atoms. The van der Waals surface area contributed by atoms with Crippen molar-refractivity contribution < 1.29 is 9.26 Å². The van der Waals surface area contributed by atoms with Crippen molar-refractivity contribution in [2.75, 3.05) is 14.2 Å². The van der Waals surface area contributed by atoms with Gasteiger partial charge in [0, 0.05) is 11.6 Å². The van der Waals surface area contributed by atoms with Crippen LogP contribution in [0.2, 0.25) is 0 Å². The molecule has 2 unspecified atom stereocenters. The molecule has 5 nitrogen and oxygen atoms in total. The fraction of sp³-hybridized carbons (Fsp3) is 0.500. The highest BCUT2D eigenvalue weighted by molar-refractivity contribution is 5.58. The number of benzene rings is 1. The first-order valence-corrected chi connectivity index (χ1v) is 7.26. The minimum Gasteiger partial charge on any atom is -0.496 e. The first-order chi connectivity index (χ1) is 10.1. The third-order valence-corrected chi connectivity index (χ3v) is 3.90. The van der Waals surface area contributed by atoms with Crippen molar-refractivity contribution in [3.05, 3.63) is 29.7 Å². The van der Waals surface area contributed by atoms with Gasteiger partial charge >= 0.3 is 0 Å². The highest BCUT2D eigenvalue weighted by atomic mass is 16.5. The molecule has 0 bridgehead atoms. The summed E-state index contributed by atoms with van der Waals surface area (Å²) in [5, 5.41) is 7.38. The maximum Gasteiger partial charge on any atom is 0.231 e. The number of nitrogens with zero attached hydrogens (tertiary/aromatic N) is 2. The number of aromatic nitrogens is 2. The van der Waals surface area contributed by atoms with Gasteiger partial charge in [-0.05, 0) is 44.2 Å². The quantitative estimate of drug-likeness (QED) is 0.885. The van der Waals surface area contributed by atoms with Crippen molar-refractivity contribution >= 4 is 0 Å². The molecule has 1 N–H and O–H groups in total. The number of hydrogen-bond acceptors (Lipinski definition) is 5. The summed E-state index contributed by atoms with van der Waals surface area (Å²) < 4.78 is 10.7. The molecule has 0 saturated carbocycles. The lowest BCUT2D eigenvalue weighted by Gasteiger charge is -2.18. The standard InChI is InChI=1S/C16H23N3O2/c1-6-13(17-4)11(3)16-18-15(19-21-16)12-7-8-14(20-5)10(2)9-12/h7-9,11,13,17H,6H2,1-5H3. The molecular formula is C16H23N3O2. The Morgan fingerprint density at radius 2 is 2.14 bits per heavy atom. The van der Waals surface area contributed by atoms with Gasteiger partial charge in [0.05, 0.1) is 13.0 Å². The molecule has 2 rings (SSSR count). The molecule has 2 aromatic rings. The van der Waals surface area contributed by atoms with Gasteiger partial charge in [-0.3, -0.25) is 0 Å². The molecule has 1 aromatic heterocycles. The van der Waals surface area contributed by atoms with Crippen molar-refractivity contribution in [1.82, 2.24) is 15.5 Å². The molecule has 1 aromatic carbocycles. The summed E-state index contributed by atoms with van der Waals surface area (Å²) in [6.45, 7) is 6.24. The molecule has 0 amide bonds. The molecule has 0 aliphatic heterocycles. The molecule has 0 saturated heterocycles. The van der Waals surface area contributed by atoms with E-state index >= 15 is 0 Å². The van der Waals surface area contributed by atoms with Crippen molar-refractivity contribution in [1.29, 1.82) is 0 Å². The summed E-state index contributed by atoms with van der Waals surface area (Å²) in [7, 11) is 3.62. The van der Waals surface area contributed by atoms with E-state index in [0.29, 0.717) is 17.8 Å². The Balaban J connectivity index is 2.25. The summed E-state index contributed by atoms with van der Waals surface area (Å²) >= 11 is 0. The minimum absolute atomic E-state index is 0.181. The van der Waals surface area contributed by atoms with Gasteiger partial charge in [-0.1, -0.05) is 19.0 Å². The van der Waals surface area contributed by atoms with Gasteiger partial charge in [0.25, 0.3) is 0 Å². The van der Waals surface area contributed by atoms with Gasteiger partial charge in [0.2, 0.25) is 11.7 Å². The van der Waals surface area contributed by atoms with Crippen LogP contribution in [0.1, 0.15) is 37.6 Å². The molecule has 0 spiro atoms. The Bertz CT molecular complexity index is 591. The lowest BCUT2D eigenvalue weighted by atomic mass is 10.00. The van der Waals surface area contributed by atoms with E-state index < -0.39 is 0 Å². The Labute approximate surface area is 125 Å². The third kappa shape index (κ3) is 3.24. The van der Waals surface area contributed by atoms with Crippen LogP contribution in [0.25, 0.3) is 11.4 Å². The van der Waals surface area contributed by atoms with E-state index in [2.05, 4.69) is 29.3 Å². The highest BCUT2D eigenvalue weighted by Gasteiger charge is 2.22. The lowest BCUT2D eigenvalue weighted by molar-refractivity contribution is 0.326. The van der Waals surface area contributed by atoms with Crippen molar-refractivity contribution in [3.63, 3.8) is 0 Å². The van der Waals surface area contributed by atoms with Gasteiger partial charge in [0.15, 0.2) is 0 Å². The van der Waals surface area contributed by atoms with Crippen molar-refractivity contribution in [3.8, 4) is 17.1 Å². The van der Waals surface area contributed by atoms with Crippen LogP contribution in [0, 0.1) is 6.92 Å². The number of methoxy groups -OCH3 is 1. The normalized spacial score (nSPS) is 14.0. The van der Waals surface area contributed by atoms with Crippen LogP contribution in [-0.4, -0.2) is 30.3 Å². The van der Waals surface area contributed by atoms with Crippen LogP contribution < -0.4 is 10.1 Å². The zero-order chi connectivity index (χ0) is 15.4. The van der Waals surface area contributed by atoms with E-state index in [0.717, 1.165) is 23.3 Å². The average molecular weight is 289 g/mol. The topological polar surface area (TPSA) is 60.2 Å². The highest BCUT2D eigenvalue weighted by Crippen LogP contribution is 2.26. The van der Waals surface area contributed by atoms with E-state index in [1.807, 2.05) is 32.2 Å². The molecule has 2 atom stereocenters. The minimum atomic E-state index is 0.181. The zero-order valence-electron chi connectivity index (χ0n) is 13.3. The second kappa shape index (κ2) is 6.72. The maximum absolute atomic E-state index is 5.43. The zero-order valence-corrected chi connectivity index (χ0v) is 13.3. The first-order valence-electron chi connectivity index (χ1n) is 7.26. The molecule has 0 aliphatic carbocycles. The second-order valence-electron chi connectivity index (χ2n) is 5.23.